The van der Waals surface area contributed by atoms with Crippen LogP contribution in [0.25, 0.3) is 0 Å². The fourth-order valence-electron chi connectivity index (χ4n) is 1.59. The molecule has 3 nitrogen and oxygen atoms in total. The van der Waals surface area contributed by atoms with Crippen LogP contribution in [0.1, 0.15) is 18.4 Å². The zero-order valence-corrected chi connectivity index (χ0v) is 9.09. The second-order valence-corrected chi connectivity index (χ2v) is 4.36. The number of aryl methyl sites for hydroxylation is 1. The van der Waals surface area contributed by atoms with Crippen LogP contribution in [0.3, 0.4) is 0 Å². The van der Waals surface area contributed by atoms with Gasteiger partial charge in [-0.25, -0.2) is 4.39 Å². The molecule has 0 radical (unpaired) electrons. The van der Waals surface area contributed by atoms with Crippen LogP contribution in [0, 0.1) is 18.2 Å². The molecule has 86 valence electrons. The number of aliphatic hydroxyl groups is 1. The molecule has 1 aromatic rings. The van der Waals surface area contributed by atoms with Crippen molar-refractivity contribution in [3.8, 4) is 0 Å². The van der Waals surface area contributed by atoms with Crippen molar-refractivity contribution >= 4 is 11.6 Å². The van der Waals surface area contributed by atoms with Crippen LogP contribution in [-0.2, 0) is 4.79 Å². The highest BCUT2D eigenvalue weighted by atomic mass is 19.1. The lowest BCUT2D eigenvalue weighted by molar-refractivity contribution is -0.122. The van der Waals surface area contributed by atoms with E-state index < -0.39 is 5.41 Å². The summed E-state index contributed by atoms with van der Waals surface area (Å²) in [6.45, 7) is 1.52. The molecule has 2 rings (SSSR count). The Bertz CT molecular complexity index is 427. The first-order valence-corrected chi connectivity index (χ1v) is 5.26. The molecule has 16 heavy (non-hydrogen) atoms. The van der Waals surface area contributed by atoms with Gasteiger partial charge in [-0.3, -0.25) is 4.79 Å². The number of hydrogen-bond acceptors (Lipinski definition) is 2. The lowest BCUT2D eigenvalue weighted by atomic mass is 10.1. The second kappa shape index (κ2) is 3.87. The van der Waals surface area contributed by atoms with Gasteiger partial charge in [-0.1, -0.05) is 0 Å². The van der Waals surface area contributed by atoms with Crippen molar-refractivity contribution in [2.75, 3.05) is 11.9 Å². The van der Waals surface area contributed by atoms with Gasteiger partial charge in [-0.05, 0) is 43.5 Å². The quantitative estimate of drug-likeness (QED) is 0.821. The maximum Gasteiger partial charge on any atom is 0.232 e. The van der Waals surface area contributed by atoms with E-state index in [0.29, 0.717) is 11.3 Å². The molecule has 0 bridgehead atoms. The van der Waals surface area contributed by atoms with Gasteiger partial charge in [0.2, 0.25) is 5.91 Å². The lowest BCUT2D eigenvalue weighted by Crippen LogP contribution is -2.27. The molecular formula is C12H14FNO2. The van der Waals surface area contributed by atoms with Crippen LogP contribution < -0.4 is 5.32 Å². The van der Waals surface area contributed by atoms with Crippen LogP contribution in [0.2, 0.25) is 0 Å². The van der Waals surface area contributed by atoms with Crippen LogP contribution in [0.15, 0.2) is 18.2 Å². The van der Waals surface area contributed by atoms with E-state index in [-0.39, 0.29) is 18.3 Å². The Kier molecular flexibility index (Phi) is 2.68. The summed E-state index contributed by atoms with van der Waals surface area (Å²) in [6, 6.07) is 4.43. The van der Waals surface area contributed by atoms with Crippen LogP contribution >= 0.6 is 0 Å². The van der Waals surface area contributed by atoms with Crippen molar-refractivity contribution in [3.63, 3.8) is 0 Å². The van der Waals surface area contributed by atoms with E-state index in [2.05, 4.69) is 5.32 Å². The SMILES string of the molecule is Cc1cc(NC(=O)C2(CO)CC2)ccc1F. The van der Waals surface area contributed by atoms with E-state index in [1.54, 1.807) is 13.0 Å². The highest BCUT2D eigenvalue weighted by molar-refractivity contribution is 5.97. The van der Waals surface area contributed by atoms with Gasteiger partial charge in [0.05, 0.1) is 12.0 Å². The second-order valence-electron chi connectivity index (χ2n) is 4.36. The first-order chi connectivity index (χ1) is 7.57. The first kappa shape index (κ1) is 11.1. The molecule has 1 aliphatic rings. The Morgan fingerprint density at radius 2 is 2.25 bits per heavy atom. The van der Waals surface area contributed by atoms with E-state index in [4.69, 9.17) is 5.11 Å². The van der Waals surface area contributed by atoms with Crippen LogP contribution in [-0.4, -0.2) is 17.6 Å². The predicted molar refractivity (Wildman–Crippen MR) is 58.5 cm³/mol. The van der Waals surface area contributed by atoms with Gasteiger partial charge in [0.25, 0.3) is 0 Å². The Morgan fingerprint density at radius 3 is 2.75 bits per heavy atom. The number of hydrogen-bond donors (Lipinski definition) is 2. The van der Waals surface area contributed by atoms with Gasteiger partial charge in [0.1, 0.15) is 5.82 Å². The summed E-state index contributed by atoms with van der Waals surface area (Å²) >= 11 is 0. The van der Waals surface area contributed by atoms with Crippen molar-refractivity contribution in [2.45, 2.75) is 19.8 Å². The van der Waals surface area contributed by atoms with E-state index >= 15 is 0 Å². The minimum absolute atomic E-state index is 0.126. The third kappa shape index (κ3) is 1.93. The molecule has 1 saturated carbocycles. The molecule has 1 aromatic carbocycles. The van der Waals surface area contributed by atoms with Crippen LogP contribution in [0.4, 0.5) is 10.1 Å². The first-order valence-electron chi connectivity index (χ1n) is 5.26. The zero-order chi connectivity index (χ0) is 11.8. The Balaban J connectivity index is 2.09. The van der Waals surface area contributed by atoms with Crippen molar-refractivity contribution in [3.05, 3.63) is 29.6 Å². The molecule has 1 fully saturated rings. The van der Waals surface area contributed by atoms with Crippen molar-refractivity contribution in [1.29, 1.82) is 0 Å². The number of carbonyl (C=O) groups is 1. The third-order valence-corrected chi connectivity index (χ3v) is 3.05. The zero-order valence-electron chi connectivity index (χ0n) is 9.09. The number of amides is 1. The van der Waals surface area contributed by atoms with E-state index in [0.717, 1.165) is 12.8 Å². The number of nitrogens with one attached hydrogen (secondary N) is 1. The normalized spacial score (nSPS) is 16.9. The molecule has 0 aliphatic heterocycles. The van der Waals surface area contributed by atoms with Crippen molar-refractivity contribution < 1.29 is 14.3 Å². The summed E-state index contributed by atoms with van der Waals surface area (Å²) in [6.07, 6.45) is 1.44. The number of halogens is 1. The van der Waals surface area contributed by atoms with Gasteiger partial charge in [-0.15, -0.1) is 0 Å². The minimum atomic E-state index is -0.595. The molecule has 2 N–H and O–H groups in total. The molecule has 0 saturated heterocycles. The third-order valence-electron chi connectivity index (χ3n) is 3.05. The summed E-state index contributed by atoms with van der Waals surface area (Å²) < 4.78 is 13.0. The largest absolute Gasteiger partial charge is 0.395 e. The van der Waals surface area contributed by atoms with Gasteiger partial charge in [0, 0.05) is 5.69 Å². The average Bonchev–Trinajstić information content (AvgIpc) is 3.04. The number of rotatable bonds is 3. The fraction of sp³-hybridized carbons (Fsp3) is 0.417. The molecule has 4 heteroatoms. The molecule has 0 unspecified atom stereocenters. The topological polar surface area (TPSA) is 49.3 Å². The number of aliphatic hydroxyl groups excluding tert-OH is 1. The van der Waals surface area contributed by atoms with Gasteiger partial charge in [0.15, 0.2) is 0 Å². The molecule has 0 spiro atoms. The maximum atomic E-state index is 13.0. The Labute approximate surface area is 93.3 Å². The number of anilines is 1. The number of benzene rings is 1. The summed E-state index contributed by atoms with van der Waals surface area (Å²) in [4.78, 5) is 11.8. The molecule has 0 aromatic heterocycles. The molecule has 1 amide bonds. The monoisotopic (exact) mass is 223 g/mol. The molecular weight excluding hydrogens is 209 g/mol. The van der Waals surface area contributed by atoms with Crippen molar-refractivity contribution in [2.24, 2.45) is 5.41 Å². The highest BCUT2D eigenvalue weighted by Crippen LogP contribution is 2.45. The molecule has 0 atom stereocenters. The summed E-state index contributed by atoms with van der Waals surface area (Å²) in [5.74, 6) is -0.470. The summed E-state index contributed by atoms with van der Waals surface area (Å²) in [7, 11) is 0. The van der Waals surface area contributed by atoms with Crippen LogP contribution in [0.5, 0.6) is 0 Å². The van der Waals surface area contributed by atoms with E-state index in [1.165, 1.54) is 12.1 Å². The molecule has 1 aliphatic carbocycles. The lowest BCUT2D eigenvalue weighted by Gasteiger charge is -2.12. The summed E-state index contributed by atoms with van der Waals surface area (Å²) in [5.41, 5.74) is 0.470. The van der Waals surface area contributed by atoms with E-state index in [9.17, 15) is 9.18 Å². The van der Waals surface area contributed by atoms with Gasteiger partial charge >= 0.3 is 0 Å². The summed E-state index contributed by atoms with van der Waals surface area (Å²) in [5, 5.41) is 11.8. The fourth-order valence-corrected chi connectivity index (χ4v) is 1.59. The number of carbonyl (C=O) groups excluding carboxylic acids is 1. The smallest absolute Gasteiger partial charge is 0.232 e. The van der Waals surface area contributed by atoms with E-state index in [1.807, 2.05) is 0 Å². The highest BCUT2D eigenvalue weighted by Gasteiger charge is 2.49. The van der Waals surface area contributed by atoms with Gasteiger partial charge in [-0.2, -0.15) is 0 Å². The standard InChI is InChI=1S/C12H14FNO2/c1-8-6-9(2-3-10(8)13)14-11(16)12(7-15)4-5-12/h2-3,6,15H,4-5,7H2,1H3,(H,14,16). The Hall–Kier alpha value is -1.42. The van der Waals surface area contributed by atoms with Crippen molar-refractivity contribution in [1.82, 2.24) is 0 Å². The maximum absolute atomic E-state index is 13.0. The predicted octanol–water partition coefficient (Wildman–Crippen LogP) is 1.85. The Morgan fingerprint density at radius 1 is 1.56 bits per heavy atom. The molecule has 0 heterocycles. The van der Waals surface area contributed by atoms with Gasteiger partial charge < -0.3 is 10.4 Å². The minimum Gasteiger partial charge on any atom is -0.395 e. The average molecular weight is 223 g/mol.